The van der Waals surface area contributed by atoms with Crippen molar-refractivity contribution in [1.29, 1.82) is 0 Å². The van der Waals surface area contributed by atoms with Crippen LogP contribution in [-0.2, 0) is 4.79 Å². The molecule has 1 N–H and O–H groups in total. The molecule has 0 amide bonds. The number of carboxylic acids is 1. The molecule has 0 aliphatic rings. The van der Waals surface area contributed by atoms with Crippen LogP contribution >= 0.6 is 22.6 Å². The fourth-order valence-electron chi connectivity index (χ4n) is 0.659. The maximum absolute atomic E-state index is 10.1. The highest BCUT2D eigenvalue weighted by atomic mass is 127. The van der Waals surface area contributed by atoms with Crippen LogP contribution in [0.15, 0.2) is 24.3 Å². The minimum Gasteiger partial charge on any atom is -0.472 e. The molecule has 60 valence electrons. The van der Waals surface area contributed by atoms with Crippen LogP contribution in [0.25, 0.3) is 0 Å². The normalized spacial score (nSPS) is 8.42. The van der Waals surface area contributed by atoms with E-state index in [1.54, 1.807) is 12.1 Å². The minimum absolute atomic E-state index is 0.720. The first-order valence-corrected chi connectivity index (χ1v) is 4.27. The molecule has 0 saturated heterocycles. The van der Waals surface area contributed by atoms with Crippen LogP contribution in [0, 0.1) is 15.4 Å². The van der Waals surface area contributed by atoms with Gasteiger partial charge in [0.1, 0.15) is 0 Å². The van der Waals surface area contributed by atoms with E-state index in [1.807, 2.05) is 18.1 Å². The molecular formula is C9H5IO2. The number of benzene rings is 1. The summed E-state index contributed by atoms with van der Waals surface area (Å²) in [6.07, 6.45) is 0. The molecule has 1 aromatic rings. The summed E-state index contributed by atoms with van der Waals surface area (Å²) in [4.78, 5) is 10.1. The molecule has 1 aromatic carbocycles. The first kappa shape index (κ1) is 9.07. The Morgan fingerprint density at radius 3 is 2.42 bits per heavy atom. The van der Waals surface area contributed by atoms with Crippen molar-refractivity contribution in [2.24, 2.45) is 0 Å². The van der Waals surface area contributed by atoms with Gasteiger partial charge in [0.15, 0.2) is 0 Å². The molecule has 0 fully saturated rings. The highest BCUT2D eigenvalue weighted by molar-refractivity contribution is 14.1. The van der Waals surface area contributed by atoms with Gasteiger partial charge in [-0.25, -0.2) is 4.79 Å². The number of rotatable bonds is 0. The van der Waals surface area contributed by atoms with Crippen LogP contribution in [0.1, 0.15) is 5.56 Å². The lowest BCUT2D eigenvalue weighted by Gasteiger charge is -1.88. The Morgan fingerprint density at radius 1 is 1.33 bits per heavy atom. The van der Waals surface area contributed by atoms with Gasteiger partial charge in [-0.3, -0.25) is 0 Å². The van der Waals surface area contributed by atoms with Crippen LogP contribution in [0.5, 0.6) is 0 Å². The Balaban J connectivity index is 2.86. The summed E-state index contributed by atoms with van der Waals surface area (Å²) in [6.45, 7) is 0. The third kappa shape index (κ3) is 2.93. The molecule has 0 atom stereocenters. The van der Waals surface area contributed by atoms with Gasteiger partial charge in [0.2, 0.25) is 0 Å². The lowest BCUT2D eigenvalue weighted by atomic mass is 10.2. The number of carbonyl (C=O) groups is 1. The fourth-order valence-corrected chi connectivity index (χ4v) is 1.02. The van der Waals surface area contributed by atoms with E-state index >= 15 is 0 Å². The Labute approximate surface area is 83.7 Å². The maximum Gasteiger partial charge on any atom is 0.382 e. The van der Waals surface area contributed by atoms with Gasteiger partial charge in [0, 0.05) is 15.1 Å². The quantitative estimate of drug-likeness (QED) is 0.577. The molecule has 0 saturated carbocycles. The molecule has 1 rings (SSSR count). The van der Waals surface area contributed by atoms with Gasteiger partial charge in [-0.1, -0.05) is 5.92 Å². The van der Waals surface area contributed by atoms with Gasteiger partial charge in [-0.05, 0) is 46.9 Å². The third-order valence-corrected chi connectivity index (χ3v) is 1.88. The van der Waals surface area contributed by atoms with Crippen molar-refractivity contribution < 1.29 is 9.90 Å². The highest BCUT2D eigenvalue weighted by Crippen LogP contribution is 2.05. The van der Waals surface area contributed by atoms with Crippen molar-refractivity contribution in [3.05, 3.63) is 33.4 Å². The average Bonchev–Trinajstić information content (AvgIpc) is 2.03. The van der Waals surface area contributed by atoms with Crippen LogP contribution < -0.4 is 0 Å². The predicted molar refractivity (Wildman–Crippen MR) is 53.7 cm³/mol. The van der Waals surface area contributed by atoms with Crippen LogP contribution in [0.3, 0.4) is 0 Å². The number of aliphatic carboxylic acids is 1. The van der Waals surface area contributed by atoms with Crippen LogP contribution in [0.2, 0.25) is 0 Å². The van der Waals surface area contributed by atoms with Crippen LogP contribution in [0.4, 0.5) is 0 Å². The molecule has 0 unspecified atom stereocenters. The molecule has 0 aromatic heterocycles. The Kier molecular flexibility index (Phi) is 3.11. The standard InChI is InChI=1S/C9H5IO2/c10-8-4-1-7(2-5-8)3-6-9(11)12/h1-2,4-5H,(H,11,12). The summed E-state index contributed by atoms with van der Waals surface area (Å²) in [5.41, 5.74) is 0.720. The Morgan fingerprint density at radius 2 is 1.92 bits per heavy atom. The molecule has 0 heterocycles. The molecule has 0 bridgehead atoms. The second-order valence-corrected chi connectivity index (χ2v) is 3.31. The van der Waals surface area contributed by atoms with Gasteiger partial charge in [-0.15, -0.1) is 0 Å². The summed E-state index contributed by atoms with van der Waals surface area (Å²) >= 11 is 2.17. The Bertz CT molecular complexity index is 343. The molecule has 0 spiro atoms. The summed E-state index contributed by atoms with van der Waals surface area (Å²) < 4.78 is 1.11. The smallest absolute Gasteiger partial charge is 0.382 e. The van der Waals surface area contributed by atoms with E-state index in [2.05, 4.69) is 28.5 Å². The van der Waals surface area contributed by atoms with Crippen molar-refractivity contribution in [3.8, 4) is 11.8 Å². The van der Waals surface area contributed by atoms with Gasteiger partial charge in [0.25, 0.3) is 0 Å². The lowest BCUT2D eigenvalue weighted by Crippen LogP contribution is -1.86. The van der Waals surface area contributed by atoms with E-state index in [0.717, 1.165) is 9.13 Å². The number of carboxylic acid groups (broad SMARTS) is 1. The zero-order valence-corrected chi connectivity index (χ0v) is 8.20. The van der Waals surface area contributed by atoms with Crippen LogP contribution in [-0.4, -0.2) is 11.1 Å². The summed E-state index contributed by atoms with van der Waals surface area (Å²) in [5, 5.41) is 8.25. The topological polar surface area (TPSA) is 37.3 Å². The maximum atomic E-state index is 10.1. The van der Waals surface area contributed by atoms with E-state index in [0.29, 0.717) is 0 Å². The van der Waals surface area contributed by atoms with Gasteiger partial charge >= 0.3 is 5.97 Å². The summed E-state index contributed by atoms with van der Waals surface area (Å²) in [6, 6.07) is 7.34. The van der Waals surface area contributed by atoms with Crippen molar-refractivity contribution in [1.82, 2.24) is 0 Å². The molecule has 0 aliphatic carbocycles. The Hall–Kier alpha value is -1.02. The third-order valence-electron chi connectivity index (χ3n) is 1.16. The second-order valence-electron chi connectivity index (χ2n) is 2.06. The van der Waals surface area contributed by atoms with E-state index < -0.39 is 5.97 Å². The first-order valence-electron chi connectivity index (χ1n) is 3.19. The molecule has 3 heteroatoms. The monoisotopic (exact) mass is 272 g/mol. The second kappa shape index (κ2) is 4.12. The van der Waals surface area contributed by atoms with Gasteiger partial charge in [-0.2, -0.15) is 0 Å². The minimum atomic E-state index is -1.10. The van der Waals surface area contributed by atoms with Crippen molar-refractivity contribution in [3.63, 3.8) is 0 Å². The van der Waals surface area contributed by atoms with Crippen molar-refractivity contribution in [2.75, 3.05) is 0 Å². The van der Waals surface area contributed by atoms with E-state index in [1.165, 1.54) is 0 Å². The number of halogens is 1. The van der Waals surface area contributed by atoms with Gasteiger partial charge < -0.3 is 5.11 Å². The average molecular weight is 272 g/mol. The largest absolute Gasteiger partial charge is 0.472 e. The molecule has 12 heavy (non-hydrogen) atoms. The van der Waals surface area contributed by atoms with E-state index in [-0.39, 0.29) is 0 Å². The zero-order valence-electron chi connectivity index (χ0n) is 6.04. The summed E-state index contributed by atoms with van der Waals surface area (Å²) in [5.74, 6) is 3.46. The van der Waals surface area contributed by atoms with Crippen molar-refractivity contribution in [2.45, 2.75) is 0 Å². The van der Waals surface area contributed by atoms with E-state index in [9.17, 15) is 4.79 Å². The number of hydrogen-bond donors (Lipinski definition) is 1. The molecular weight excluding hydrogens is 267 g/mol. The number of hydrogen-bond acceptors (Lipinski definition) is 1. The SMILES string of the molecule is O=C(O)C#Cc1ccc(I)cc1. The zero-order chi connectivity index (χ0) is 8.97. The first-order chi connectivity index (χ1) is 5.68. The van der Waals surface area contributed by atoms with E-state index in [4.69, 9.17) is 5.11 Å². The highest BCUT2D eigenvalue weighted by Gasteiger charge is 1.88. The lowest BCUT2D eigenvalue weighted by molar-refractivity contribution is -0.130. The molecule has 2 nitrogen and oxygen atoms in total. The summed E-state index contributed by atoms with van der Waals surface area (Å²) in [7, 11) is 0. The predicted octanol–water partition coefficient (Wildman–Crippen LogP) is 1.73. The fraction of sp³-hybridized carbons (Fsp3) is 0. The molecule has 0 radical (unpaired) electrons. The molecule has 0 aliphatic heterocycles. The van der Waals surface area contributed by atoms with Crippen molar-refractivity contribution >= 4 is 28.6 Å². The van der Waals surface area contributed by atoms with Gasteiger partial charge in [0.05, 0.1) is 0 Å².